The number of hydrogen-bond donors (Lipinski definition) is 0. The minimum atomic E-state index is 0.0511. The summed E-state index contributed by atoms with van der Waals surface area (Å²) in [5.74, 6) is 0. The number of ether oxygens (including phenoxy) is 4. The van der Waals surface area contributed by atoms with Gasteiger partial charge in [0.2, 0.25) is 0 Å². The summed E-state index contributed by atoms with van der Waals surface area (Å²) in [5.41, 5.74) is 0. The molecule has 102 valence electrons. The molecule has 0 amide bonds. The van der Waals surface area contributed by atoms with Crippen molar-refractivity contribution < 1.29 is 18.9 Å². The van der Waals surface area contributed by atoms with Crippen molar-refractivity contribution >= 4 is 11.6 Å². The van der Waals surface area contributed by atoms with Crippen molar-refractivity contribution in [3.05, 3.63) is 0 Å². The van der Waals surface area contributed by atoms with Crippen molar-refractivity contribution in [3.8, 4) is 0 Å². The van der Waals surface area contributed by atoms with E-state index in [1.54, 1.807) is 7.11 Å². The lowest BCUT2D eigenvalue weighted by molar-refractivity contribution is -0.129. The zero-order chi connectivity index (χ0) is 12.5. The van der Waals surface area contributed by atoms with Crippen LogP contribution in [0.2, 0.25) is 0 Å². The summed E-state index contributed by atoms with van der Waals surface area (Å²) in [6.07, 6.45) is 1.98. The first-order valence-electron chi connectivity index (χ1n) is 6.23. The van der Waals surface area contributed by atoms with Crippen LogP contribution in [0.3, 0.4) is 0 Å². The van der Waals surface area contributed by atoms with E-state index in [0.29, 0.717) is 19.8 Å². The summed E-state index contributed by atoms with van der Waals surface area (Å²) in [6.45, 7) is 5.33. The molecule has 1 rings (SSSR count). The van der Waals surface area contributed by atoms with Crippen LogP contribution < -0.4 is 0 Å². The molecule has 0 saturated heterocycles. The van der Waals surface area contributed by atoms with Crippen LogP contribution in [0.1, 0.15) is 19.8 Å². The van der Waals surface area contributed by atoms with Gasteiger partial charge in [-0.1, -0.05) is 0 Å². The molecule has 17 heavy (non-hydrogen) atoms. The first-order chi connectivity index (χ1) is 8.29. The SMILES string of the molecule is CCOC1C(Cl)CC1OCCOCCCOC. The molecular formula is C12H23ClO4. The lowest BCUT2D eigenvalue weighted by Gasteiger charge is -2.40. The van der Waals surface area contributed by atoms with Crippen molar-refractivity contribution in [2.45, 2.75) is 37.4 Å². The summed E-state index contributed by atoms with van der Waals surface area (Å²) >= 11 is 6.04. The Morgan fingerprint density at radius 1 is 1.12 bits per heavy atom. The van der Waals surface area contributed by atoms with Crippen LogP contribution in [0.5, 0.6) is 0 Å². The summed E-state index contributed by atoms with van der Waals surface area (Å²) in [6, 6.07) is 0. The lowest BCUT2D eigenvalue weighted by Crippen LogP contribution is -2.51. The number of hydrogen-bond acceptors (Lipinski definition) is 4. The lowest BCUT2D eigenvalue weighted by atomic mass is 9.91. The molecule has 1 aliphatic rings. The van der Waals surface area contributed by atoms with Gasteiger partial charge in [-0.15, -0.1) is 11.6 Å². The molecule has 0 aromatic carbocycles. The van der Waals surface area contributed by atoms with Crippen molar-refractivity contribution in [1.29, 1.82) is 0 Å². The monoisotopic (exact) mass is 266 g/mol. The highest BCUT2D eigenvalue weighted by atomic mass is 35.5. The Kier molecular flexibility index (Phi) is 8.14. The quantitative estimate of drug-likeness (QED) is 0.447. The van der Waals surface area contributed by atoms with Crippen LogP contribution in [-0.2, 0) is 18.9 Å². The van der Waals surface area contributed by atoms with E-state index in [-0.39, 0.29) is 17.6 Å². The third kappa shape index (κ3) is 5.53. The van der Waals surface area contributed by atoms with E-state index in [4.69, 9.17) is 30.5 Å². The molecule has 4 nitrogen and oxygen atoms in total. The Morgan fingerprint density at radius 2 is 1.94 bits per heavy atom. The van der Waals surface area contributed by atoms with Crippen LogP contribution in [0.25, 0.3) is 0 Å². The number of methoxy groups -OCH3 is 1. The number of halogens is 1. The van der Waals surface area contributed by atoms with Crippen molar-refractivity contribution in [2.24, 2.45) is 0 Å². The Morgan fingerprint density at radius 3 is 2.59 bits per heavy atom. The average Bonchev–Trinajstić information content (AvgIpc) is 2.33. The van der Waals surface area contributed by atoms with E-state index in [1.807, 2.05) is 6.92 Å². The summed E-state index contributed by atoms with van der Waals surface area (Å²) < 4.78 is 21.5. The number of rotatable bonds is 10. The molecule has 0 aliphatic heterocycles. The molecule has 0 heterocycles. The van der Waals surface area contributed by atoms with E-state index in [1.165, 1.54) is 0 Å². The van der Waals surface area contributed by atoms with Crippen molar-refractivity contribution in [2.75, 3.05) is 40.1 Å². The second kappa shape index (κ2) is 9.11. The normalized spacial score (nSPS) is 28.1. The van der Waals surface area contributed by atoms with Crippen LogP contribution >= 0.6 is 11.6 Å². The first-order valence-corrected chi connectivity index (χ1v) is 6.67. The molecule has 0 radical (unpaired) electrons. The minimum absolute atomic E-state index is 0.0511. The zero-order valence-electron chi connectivity index (χ0n) is 10.7. The van der Waals surface area contributed by atoms with E-state index in [0.717, 1.165) is 26.1 Å². The van der Waals surface area contributed by atoms with Gasteiger partial charge in [0.25, 0.3) is 0 Å². The van der Waals surface area contributed by atoms with Gasteiger partial charge in [0, 0.05) is 26.9 Å². The molecule has 3 unspecified atom stereocenters. The van der Waals surface area contributed by atoms with Gasteiger partial charge in [-0.3, -0.25) is 0 Å². The highest BCUT2D eigenvalue weighted by Gasteiger charge is 2.41. The third-order valence-electron chi connectivity index (χ3n) is 2.74. The predicted octanol–water partition coefficient (Wildman–Crippen LogP) is 1.84. The van der Waals surface area contributed by atoms with Gasteiger partial charge in [0.05, 0.1) is 24.7 Å². The Bertz CT molecular complexity index is 191. The van der Waals surface area contributed by atoms with E-state index < -0.39 is 0 Å². The van der Waals surface area contributed by atoms with Gasteiger partial charge in [0.15, 0.2) is 0 Å². The van der Waals surface area contributed by atoms with Crippen LogP contribution in [0.4, 0.5) is 0 Å². The molecule has 1 aliphatic carbocycles. The van der Waals surface area contributed by atoms with Crippen LogP contribution in [0, 0.1) is 0 Å². The highest BCUT2D eigenvalue weighted by molar-refractivity contribution is 6.21. The largest absolute Gasteiger partial charge is 0.385 e. The van der Waals surface area contributed by atoms with Crippen molar-refractivity contribution in [3.63, 3.8) is 0 Å². The topological polar surface area (TPSA) is 36.9 Å². The molecule has 3 atom stereocenters. The molecular weight excluding hydrogens is 244 g/mol. The van der Waals surface area contributed by atoms with E-state index in [9.17, 15) is 0 Å². The Hall–Kier alpha value is 0.130. The molecule has 1 saturated carbocycles. The molecule has 5 heteroatoms. The Labute approximate surface area is 109 Å². The summed E-state index contributed by atoms with van der Waals surface area (Å²) in [7, 11) is 1.69. The summed E-state index contributed by atoms with van der Waals surface area (Å²) in [5, 5.41) is 0.0996. The fourth-order valence-corrected chi connectivity index (χ4v) is 2.17. The second-order valence-corrected chi connectivity index (χ2v) is 4.60. The maximum absolute atomic E-state index is 6.04. The Balaban J connectivity index is 1.92. The molecule has 0 spiro atoms. The molecule has 0 bridgehead atoms. The first kappa shape index (κ1) is 15.2. The van der Waals surface area contributed by atoms with E-state index >= 15 is 0 Å². The fourth-order valence-electron chi connectivity index (χ4n) is 1.76. The van der Waals surface area contributed by atoms with Crippen LogP contribution in [-0.4, -0.2) is 57.7 Å². The fraction of sp³-hybridized carbons (Fsp3) is 1.00. The number of alkyl halides is 1. The zero-order valence-corrected chi connectivity index (χ0v) is 11.4. The van der Waals surface area contributed by atoms with Gasteiger partial charge in [0.1, 0.15) is 6.10 Å². The van der Waals surface area contributed by atoms with E-state index in [2.05, 4.69) is 0 Å². The highest BCUT2D eigenvalue weighted by Crippen LogP contribution is 2.31. The average molecular weight is 267 g/mol. The molecule has 0 aromatic rings. The minimum Gasteiger partial charge on any atom is -0.385 e. The van der Waals surface area contributed by atoms with Gasteiger partial charge in [-0.05, 0) is 19.8 Å². The molecule has 0 N–H and O–H groups in total. The predicted molar refractivity (Wildman–Crippen MR) is 66.7 cm³/mol. The third-order valence-corrected chi connectivity index (χ3v) is 3.16. The van der Waals surface area contributed by atoms with Gasteiger partial charge in [-0.25, -0.2) is 0 Å². The van der Waals surface area contributed by atoms with Gasteiger partial charge < -0.3 is 18.9 Å². The maximum atomic E-state index is 6.04. The second-order valence-electron chi connectivity index (χ2n) is 4.04. The maximum Gasteiger partial charge on any atom is 0.100 e. The molecule has 1 fully saturated rings. The molecule has 0 aromatic heterocycles. The standard InChI is InChI=1S/C12H23ClO4/c1-3-16-12-10(13)9-11(12)17-8-7-15-6-4-5-14-2/h10-12H,3-9H2,1-2H3. The van der Waals surface area contributed by atoms with Gasteiger partial charge >= 0.3 is 0 Å². The van der Waals surface area contributed by atoms with Gasteiger partial charge in [-0.2, -0.15) is 0 Å². The summed E-state index contributed by atoms with van der Waals surface area (Å²) in [4.78, 5) is 0. The van der Waals surface area contributed by atoms with Crippen LogP contribution in [0.15, 0.2) is 0 Å². The van der Waals surface area contributed by atoms with Crippen molar-refractivity contribution in [1.82, 2.24) is 0 Å². The smallest absolute Gasteiger partial charge is 0.100 e.